The Morgan fingerprint density at radius 1 is 1.17 bits per heavy atom. The van der Waals surface area contributed by atoms with Gasteiger partial charge in [-0.3, -0.25) is 15.1 Å². The monoisotopic (exact) mass is 469 g/mol. The molecule has 5 aromatic rings. The van der Waals surface area contributed by atoms with Crippen molar-refractivity contribution in [3.8, 4) is 11.4 Å². The predicted octanol–water partition coefficient (Wildman–Crippen LogP) is 5.15. The van der Waals surface area contributed by atoms with Gasteiger partial charge in [-0.25, -0.2) is 9.37 Å². The molecule has 0 amide bonds. The summed E-state index contributed by atoms with van der Waals surface area (Å²) in [7, 11) is 1.95. The second-order valence-electron chi connectivity index (χ2n) is 9.39. The van der Waals surface area contributed by atoms with E-state index in [0.29, 0.717) is 11.4 Å². The van der Waals surface area contributed by atoms with Gasteiger partial charge >= 0.3 is 0 Å². The maximum atomic E-state index is 13.8. The van der Waals surface area contributed by atoms with Gasteiger partial charge in [-0.15, -0.1) is 0 Å². The maximum Gasteiger partial charge on any atom is 0.181 e. The number of hydrogen-bond acceptors (Lipinski definition) is 4. The summed E-state index contributed by atoms with van der Waals surface area (Å²) < 4.78 is 15.7. The molecule has 0 aliphatic carbocycles. The summed E-state index contributed by atoms with van der Waals surface area (Å²) in [5, 5.41) is 17.3. The highest BCUT2D eigenvalue weighted by Crippen LogP contribution is 2.45. The minimum atomic E-state index is -0.451. The third-order valence-electron chi connectivity index (χ3n) is 7.09. The van der Waals surface area contributed by atoms with Crippen LogP contribution in [0.4, 0.5) is 4.39 Å². The second kappa shape index (κ2) is 8.46. The Hall–Kier alpha value is -3.78. The molecular formula is C27H28FN7. The van der Waals surface area contributed by atoms with Crippen molar-refractivity contribution in [2.75, 3.05) is 0 Å². The summed E-state index contributed by atoms with van der Waals surface area (Å²) in [6.45, 7) is 2.21. The number of hydrogen-bond donors (Lipinski definition) is 3. The first kappa shape index (κ1) is 21.7. The van der Waals surface area contributed by atoms with E-state index >= 15 is 0 Å². The third-order valence-corrected chi connectivity index (χ3v) is 7.09. The maximum absolute atomic E-state index is 13.8. The third kappa shape index (κ3) is 3.65. The van der Waals surface area contributed by atoms with Gasteiger partial charge in [-0.2, -0.15) is 10.2 Å². The molecule has 2 aromatic carbocycles. The lowest BCUT2D eigenvalue weighted by Gasteiger charge is -2.41. The molecule has 0 saturated carbocycles. The number of rotatable bonds is 6. The van der Waals surface area contributed by atoms with Gasteiger partial charge in [-0.1, -0.05) is 50.1 Å². The van der Waals surface area contributed by atoms with Crippen LogP contribution in [0.15, 0.2) is 60.9 Å². The first-order valence-electron chi connectivity index (χ1n) is 12.1. The van der Waals surface area contributed by atoms with Gasteiger partial charge in [0.1, 0.15) is 11.6 Å². The Morgan fingerprint density at radius 3 is 2.86 bits per heavy atom. The number of nitrogens with zero attached hydrogens (tertiary/aromatic N) is 4. The molecule has 1 aliphatic heterocycles. The van der Waals surface area contributed by atoms with E-state index in [-0.39, 0.29) is 11.9 Å². The number of benzene rings is 2. The SMILES string of the molecule is CCCCC1(c2cnn(C)c2)N[C@@H](c2nc(-c3cccc(F)c3)n[nH]2)Cc2c1[nH]c1ccccc21. The number of H-pyrrole nitrogens is 2. The van der Waals surface area contributed by atoms with Crippen molar-refractivity contribution in [2.45, 2.75) is 44.2 Å². The molecule has 2 atom stereocenters. The first-order chi connectivity index (χ1) is 17.1. The van der Waals surface area contributed by atoms with Crippen LogP contribution in [0.2, 0.25) is 0 Å². The summed E-state index contributed by atoms with van der Waals surface area (Å²) in [5.74, 6) is 0.930. The minimum Gasteiger partial charge on any atom is -0.356 e. The Bertz CT molecular complexity index is 1500. The van der Waals surface area contributed by atoms with Crippen LogP contribution in [0.25, 0.3) is 22.3 Å². The predicted molar refractivity (Wildman–Crippen MR) is 133 cm³/mol. The second-order valence-corrected chi connectivity index (χ2v) is 9.39. The fourth-order valence-corrected chi connectivity index (χ4v) is 5.41. The molecular weight excluding hydrogens is 441 g/mol. The van der Waals surface area contributed by atoms with E-state index in [1.165, 1.54) is 28.8 Å². The molecule has 0 spiro atoms. The Kier molecular flexibility index (Phi) is 5.25. The zero-order valence-corrected chi connectivity index (χ0v) is 19.8. The van der Waals surface area contributed by atoms with Crippen LogP contribution in [0.3, 0.4) is 0 Å². The average Bonchev–Trinajstić information content (AvgIpc) is 3.61. The van der Waals surface area contributed by atoms with E-state index in [1.807, 2.05) is 24.0 Å². The fraction of sp³-hybridized carbons (Fsp3) is 0.296. The quantitative estimate of drug-likeness (QED) is 0.321. The largest absolute Gasteiger partial charge is 0.356 e. The van der Waals surface area contributed by atoms with Crippen molar-refractivity contribution in [3.63, 3.8) is 0 Å². The molecule has 8 heteroatoms. The zero-order chi connectivity index (χ0) is 24.0. The first-order valence-corrected chi connectivity index (χ1v) is 12.1. The van der Waals surface area contributed by atoms with Crippen molar-refractivity contribution in [1.29, 1.82) is 0 Å². The van der Waals surface area contributed by atoms with Gasteiger partial charge in [0, 0.05) is 41.0 Å². The van der Waals surface area contributed by atoms with Crippen LogP contribution in [0.5, 0.6) is 0 Å². The fourth-order valence-electron chi connectivity index (χ4n) is 5.41. The van der Waals surface area contributed by atoms with Crippen LogP contribution in [-0.2, 0) is 19.0 Å². The van der Waals surface area contributed by atoms with Gasteiger partial charge in [-0.05, 0) is 36.6 Å². The molecule has 1 aliphatic rings. The van der Waals surface area contributed by atoms with Gasteiger partial charge < -0.3 is 4.98 Å². The number of aryl methyl sites for hydroxylation is 1. The molecule has 3 aromatic heterocycles. The number of nitrogens with one attached hydrogen (secondary N) is 3. The van der Waals surface area contributed by atoms with Crippen molar-refractivity contribution < 1.29 is 4.39 Å². The van der Waals surface area contributed by atoms with Crippen LogP contribution in [0.1, 0.15) is 54.9 Å². The zero-order valence-electron chi connectivity index (χ0n) is 19.8. The van der Waals surface area contributed by atoms with Gasteiger partial charge in [0.05, 0.1) is 17.8 Å². The van der Waals surface area contributed by atoms with Crippen molar-refractivity contribution >= 4 is 10.9 Å². The number of fused-ring (bicyclic) bond motifs is 3. The molecule has 1 unspecified atom stereocenters. The Labute approximate surface area is 202 Å². The molecule has 0 radical (unpaired) electrons. The Morgan fingerprint density at radius 2 is 2.06 bits per heavy atom. The molecule has 6 rings (SSSR count). The van der Waals surface area contributed by atoms with Gasteiger partial charge in [0.15, 0.2) is 5.82 Å². The summed E-state index contributed by atoms with van der Waals surface area (Å²) in [4.78, 5) is 8.55. The van der Waals surface area contributed by atoms with Crippen LogP contribution in [0, 0.1) is 5.82 Å². The number of aromatic amines is 2. The minimum absolute atomic E-state index is 0.103. The number of unbranched alkanes of at least 4 members (excludes halogenated alkanes) is 1. The lowest BCUT2D eigenvalue weighted by atomic mass is 9.76. The van der Waals surface area contributed by atoms with Crippen molar-refractivity contribution in [2.24, 2.45) is 7.05 Å². The molecule has 178 valence electrons. The molecule has 0 fully saturated rings. The van der Waals surface area contributed by atoms with E-state index in [4.69, 9.17) is 4.98 Å². The smallest absolute Gasteiger partial charge is 0.181 e. The van der Waals surface area contributed by atoms with E-state index in [1.54, 1.807) is 6.07 Å². The molecule has 0 bridgehead atoms. The summed E-state index contributed by atoms with van der Waals surface area (Å²) in [5.41, 5.74) is 4.93. The molecule has 4 heterocycles. The highest BCUT2D eigenvalue weighted by molar-refractivity contribution is 5.85. The topological polar surface area (TPSA) is 87.2 Å². The number of halogens is 1. The summed E-state index contributed by atoms with van der Waals surface area (Å²) >= 11 is 0. The van der Waals surface area contributed by atoms with Crippen molar-refractivity contribution in [1.82, 2.24) is 35.3 Å². The van der Waals surface area contributed by atoms with Crippen LogP contribution in [-0.4, -0.2) is 29.9 Å². The lowest BCUT2D eigenvalue weighted by molar-refractivity contribution is 0.279. The highest BCUT2D eigenvalue weighted by atomic mass is 19.1. The van der Waals surface area contributed by atoms with E-state index in [9.17, 15) is 4.39 Å². The van der Waals surface area contributed by atoms with Crippen molar-refractivity contribution in [3.05, 3.63) is 89.4 Å². The highest BCUT2D eigenvalue weighted by Gasteiger charge is 2.45. The van der Waals surface area contributed by atoms with Crippen LogP contribution < -0.4 is 5.32 Å². The average molecular weight is 470 g/mol. The summed E-state index contributed by atoms with van der Waals surface area (Å²) in [6, 6.07) is 14.7. The van der Waals surface area contributed by atoms with Gasteiger partial charge in [0.25, 0.3) is 0 Å². The van der Waals surface area contributed by atoms with E-state index < -0.39 is 5.54 Å². The molecule has 3 N–H and O–H groups in total. The normalized spacial score (nSPS) is 19.8. The van der Waals surface area contributed by atoms with Gasteiger partial charge in [0.2, 0.25) is 0 Å². The molecule has 0 saturated heterocycles. The number of aromatic nitrogens is 6. The lowest BCUT2D eigenvalue weighted by Crippen LogP contribution is -2.50. The number of para-hydroxylation sites is 1. The van der Waals surface area contributed by atoms with E-state index in [2.05, 4.69) is 63.0 Å². The molecule has 35 heavy (non-hydrogen) atoms. The van der Waals surface area contributed by atoms with E-state index in [0.717, 1.165) is 42.6 Å². The summed E-state index contributed by atoms with van der Waals surface area (Å²) in [6.07, 6.45) is 7.85. The van der Waals surface area contributed by atoms with Crippen LogP contribution >= 0.6 is 0 Å². The Balaban J connectivity index is 1.50. The standard InChI is InChI=1S/C27H28FN7/c1-3-4-12-27(18-15-29-35(2)16-18)24-21(20-10-5-6-11-22(20)30-24)14-23(32-27)26-31-25(33-34-26)17-8-7-9-19(28)13-17/h5-11,13,15-16,23,30,32H,3-4,12,14H2,1-2H3,(H,31,33,34)/t23-,27?/m1/s1. The molecule has 7 nitrogen and oxygen atoms in total.